The molecule has 1 aromatic carbocycles. The van der Waals surface area contributed by atoms with Crippen LogP contribution in [-0.4, -0.2) is 20.9 Å². The molecule has 0 fully saturated rings. The summed E-state index contributed by atoms with van der Waals surface area (Å²) in [7, 11) is -4.11. The maximum atomic E-state index is 13.4. The van der Waals surface area contributed by atoms with E-state index in [1.54, 1.807) is 0 Å². The first-order valence-corrected chi connectivity index (χ1v) is 7.08. The monoisotopic (exact) mass is 299 g/mol. The summed E-state index contributed by atoms with van der Waals surface area (Å²) in [6.45, 7) is 2.68. The van der Waals surface area contributed by atoms with E-state index in [2.05, 4.69) is 4.72 Å². The maximum absolute atomic E-state index is 13.4. The lowest BCUT2D eigenvalue weighted by atomic mass is 9.93. The van der Waals surface area contributed by atoms with Crippen LogP contribution in [0.4, 0.5) is 4.39 Å². The molecule has 6 nitrogen and oxygen atoms in total. The van der Waals surface area contributed by atoms with Crippen molar-refractivity contribution in [3.05, 3.63) is 29.6 Å². The fourth-order valence-electron chi connectivity index (χ4n) is 1.28. The molecule has 0 aliphatic rings. The van der Waals surface area contributed by atoms with Gasteiger partial charge in [-0.25, -0.2) is 17.5 Å². The highest BCUT2D eigenvalue weighted by Crippen LogP contribution is 2.19. The average Bonchev–Trinajstić information content (AvgIpc) is 2.36. The number of amides is 1. The summed E-state index contributed by atoms with van der Waals surface area (Å²) in [5, 5.41) is 8.82. The predicted molar refractivity (Wildman–Crippen MR) is 69.3 cm³/mol. The van der Waals surface area contributed by atoms with Gasteiger partial charge in [0.1, 0.15) is 22.3 Å². The lowest BCUT2D eigenvalue weighted by Gasteiger charge is -2.20. The summed E-state index contributed by atoms with van der Waals surface area (Å²) in [4.78, 5) is 10.7. The second-order valence-corrected chi connectivity index (χ2v) is 6.53. The molecular weight excluding hydrogens is 285 g/mol. The minimum Gasteiger partial charge on any atom is -0.369 e. The molecule has 1 aromatic rings. The Bertz CT molecular complexity index is 678. The van der Waals surface area contributed by atoms with E-state index >= 15 is 0 Å². The normalized spacial score (nSPS) is 11.9. The van der Waals surface area contributed by atoms with E-state index in [1.807, 2.05) is 0 Å². The van der Waals surface area contributed by atoms with Crippen molar-refractivity contribution in [3.8, 4) is 6.07 Å². The third kappa shape index (κ3) is 3.31. The van der Waals surface area contributed by atoms with Crippen LogP contribution in [0.25, 0.3) is 0 Å². The second-order valence-electron chi connectivity index (χ2n) is 4.80. The molecule has 0 aromatic heterocycles. The third-order valence-electron chi connectivity index (χ3n) is 2.75. The number of nitrogens with one attached hydrogen (secondary N) is 1. The molecule has 0 atom stereocenters. The van der Waals surface area contributed by atoms with Gasteiger partial charge in [-0.05, 0) is 26.0 Å². The van der Waals surface area contributed by atoms with E-state index in [0.29, 0.717) is 0 Å². The van der Waals surface area contributed by atoms with E-state index in [-0.39, 0.29) is 6.54 Å². The highest BCUT2D eigenvalue weighted by atomic mass is 32.2. The van der Waals surface area contributed by atoms with Crippen molar-refractivity contribution in [1.29, 1.82) is 5.26 Å². The fourth-order valence-corrected chi connectivity index (χ4v) is 2.65. The van der Waals surface area contributed by atoms with Gasteiger partial charge in [-0.1, -0.05) is 6.07 Å². The highest BCUT2D eigenvalue weighted by Gasteiger charge is 2.29. The smallest absolute Gasteiger partial charge is 0.242 e. The number of nitrogens with two attached hydrogens (primary N) is 1. The van der Waals surface area contributed by atoms with Crippen LogP contribution in [0.15, 0.2) is 23.1 Å². The van der Waals surface area contributed by atoms with Crippen molar-refractivity contribution in [2.75, 3.05) is 6.54 Å². The van der Waals surface area contributed by atoms with Crippen LogP contribution >= 0.6 is 0 Å². The molecule has 0 aliphatic heterocycles. The van der Waals surface area contributed by atoms with Crippen molar-refractivity contribution in [1.82, 2.24) is 4.72 Å². The zero-order valence-corrected chi connectivity index (χ0v) is 11.8. The van der Waals surface area contributed by atoms with Gasteiger partial charge in [0.25, 0.3) is 0 Å². The zero-order chi connectivity index (χ0) is 15.6. The van der Waals surface area contributed by atoms with Crippen LogP contribution in [0.5, 0.6) is 0 Å². The highest BCUT2D eigenvalue weighted by molar-refractivity contribution is 7.89. The molecular formula is C12H14FN3O3S. The number of halogens is 1. The van der Waals surface area contributed by atoms with Crippen LogP contribution in [0.3, 0.4) is 0 Å². The Morgan fingerprint density at radius 2 is 2.10 bits per heavy atom. The predicted octanol–water partition coefficient (Wildman–Crippen LogP) is 0.487. The largest absolute Gasteiger partial charge is 0.369 e. The van der Waals surface area contributed by atoms with Gasteiger partial charge >= 0.3 is 0 Å². The zero-order valence-electron chi connectivity index (χ0n) is 11.0. The summed E-state index contributed by atoms with van der Waals surface area (Å²) >= 11 is 0. The quantitative estimate of drug-likeness (QED) is 0.823. The third-order valence-corrected chi connectivity index (χ3v) is 4.19. The van der Waals surface area contributed by atoms with Crippen LogP contribution < -0.4 is 10.5 Å². The van der Waals surface area contributed by atoms with Gasteiger partial charge in [-0.2, -0.15) is 5.26 Å². The first kappa shape index (κ1) is 16.1. The number of hydrogen-bond acceptors (Lipinski definition) is 4. The minimum absolute atomic E-state index is 0.258. The molecule has 1 amide bonds. The molecule has 1 rings (SSSR count). The Morgan fingerprint density at radius 1 is 1.50 bits per heavy atom. The number of carbonyl (C=O) groups excluding carboxylic acids is 1. The molecule has 0 saturated carbocycles. The van der Waals surface area contributed by atoms with Gasteiger partial charge in [-0.15, -0.1) is 0 Å². The van der Waals surface area contributed by atoms with Gasteiger partial charge in [-0.3, -0.25) is 4.79 Å². The van der Waals surface area contributed by atoms with Crippen LogP contribution in [0, 0.1) is 22.6 Å². The lowest BCUT2D eigenvalue weighted by Crippen LogP contribution is -2.42. The van der Waals surface area contributed by atoms with Crippen molar-refractivity contribution in [2.24, 2.45) is 11.1 Å². The van der Waals surface area contributed by atoms with Crippen LogP contribution in [-0.2, 0) is 14.8 Å². The van der Waals surface area contributed by atoms with Crippen molar-refractivity contribution in [2.45, 2.75) is 18.7 Å². The molecule has 0 bridgehead atoms. The van der Waals surface area contributed by atoms with Crippen molar-refractivity contribution >= 4 is 15.9 Å². The number of sulfonamides is 1. The van der Waals surface area contributed by atoms with E-state index in [9.17, 15) is 17.6 Å². The second kappa shape index (κ2) is 5.56. The van der Waals surface area contributed by atoms with Crippen molar-refractivity contribution in [3.63, 3.8) is 0 Å². The van der Waals surface area contributed by atoms with E-state index < -0.39 is 37.6 Å². The van der Waals surface area contributed by atoms with E-state index in [4.69, 9.17) is 11.0 Å². The Balaban J connectivity index is 3.12. The number of carbonyl (C=O) groups is 1. The Kier molecular flexibility index (Phi) is 4.47. The molecule has 0 saturated heterocycles. The number of nitriles is 1. The molecule has 20 heavy (non-hydrogen) atoms. The van der Waals surface area contributed by atoms with E-state index in [1.165, 1.54) is 26.0 Å². The SMILES string of the molecule is CC(C)(CNS(=O)(=O)c1cccc(F)c1C#N)C(N)=O. The maximum Gasteiger partial charge on any atom is 0.242 e. The van der Waals surface area contributed by atoms with Crippen LogP contribution in [0.1, 0.15) is 19.4 Å². The van der Waals surface area contributed by atoms with Gasteiger partial charge in [0, 0.05) is 6.54 Å². The Morgan fingerprint density at radius 3 is 2.60 bits per heavy atom. The number of benzene rings is 1. The molecule has 0 spiro atoms. The molecule has 3 N–H and O–H groups in total. The van der Waals surface area contributed by atoms with Gasteiger partial charge in [0.05, 0.1) is 5.41 Å². The van der Waals surface area contributed by atoms with Gasteiger partial charge in [0.15, 0.2) is 0 Å². The lowest BCUT2D eigenvalue weighted by molar-refractivity contribution is -0.125. The summed E-state index contributed by atoms with van der Waals surface area (Å²) < 4.78 is 39.7. The Hall–Kier alpha value is -1.98. The van der Waals surface area contributed by atoms with Gasteiger partial charge in [0.2, 0.25) is 15.9 Å². The molecule has 0 unspecified atom stereocenters. The molecule has 0 heterocycles. The van der Waals surface area contributed by atoms with Crippen molar-refractivity contribution < 1.29 is 17.6 Å². The summed E-state index contributed by atoms with van der Waals surface area (Å²) in [6.07, 6.45) is 0. The fraction of sp³-hybridized carbons (Fsp3) is 0.333. The minimum atomic E-state index is -4.11. The molecule has 0 aliphatic carbocycles. The number of hydrogen-bond donors (Lipinski definition) is 2. The van der Waals surface area contributed by atoms with Crippen LogP contribution in [0.2, 0.25) is 0 Å². The summed E-state index contributed by atoms with van der Waals surface area (Å²) in [6, 6.07) is 4.79. The summed E-state index contributed by atoms with van der Waals surface area (Å²) in [5.74, 6) is -1.61. The Labute approximate surface area is 116 Å². The topological polar surface area (TPSA) is 113 Å². The molecule has 8 heteroatoms. The average molecular weight is 299 g/mol. The number of rotatable bonds is 5. The molecule has 108 valence electrons. The van der Waals surface area contributed by atoms with Gasteiger partial charge < -0.3 is 5.73 Å². The standard InChI is InChI=1S/C12H14FN3O3S/c1-12(2,11(15)17)7-16-20(18,19)10-5-3-4-9(13)8(10)6-14/h3-5,16H,7H2,1-2H3,(H2,15,17). The molecule has 0 radical (unpaired) electrons. The number of nitrogens with zero attached hydrogens (tertiary/aromatic N) is 1. The first-order chi connectivity index (χ1) is 9.12. The first-order valence-electron chi connectivity index (χ1n) is 5.60. The summed E-state index contributed by atoms with van der Waals surface area (Å²) in [5.41, 5.74) is 3.46. The van der Waals surface area contributed by atoms with E-state index in [0.717, 1.165) is 12.1 Å². The number of primary amides is 1.